The van der Waals surface area contributed by atoms with Crippen molar-refractivity contribution in [2.45, 2.75) is 19.3 Å². The normalized spacial score (nSPS) is 18.0. The summed E-state index contributed by atoms with van der Waals surface area (Å²) in [7, 11) is 0. The number of anilines is 1. The quantitative estimate of drug-likeness (QED) is 0.455. The van der Waals surface area contributed by atoms with Crippen molar-refractivity contribution in [3.8, 4) is 11.3 Å². The molecular weight excluding hydrogens is 383 g/mol. The Labute approximate surface area is 172 Å². The average molecular weight is 402 g/mol. The van der Waals surface area contributed by atoms with Crippen molar-refractivity contribution in [2.75, 3.05) is 5.32 Å². The van der Waals surface area contributed by atoms with Crippen LogP contribution in [0, 0.1) is 11.7 Å². The number of halogens is 1. The fourth-order valence-corrected chi connectivity index (χ4v) is 4.97. The van der Waals surface area contributed by atoms with Gasteiger partial charge in [-0.15, -0.1) is 11.3 Å². The predicted molar refractivity (Wildman–Crippen MR) is 116 cm³/mol. The maximum absolute atomic E-state index is 14.1. The van der Waals surface area contributed by atoms with Crippen LogP contribution in [0.25, 0.3) is 22.0 Å². The minimum Gasteiger partial charge on any atom is -0.302 e. The zero-order valence-corrected chi connectivity index (χ0v) is 16.7. The molecule has 0 saturated carbocycles. The Balaban J connectivity index is 1.39. The lowest BCUT2D eigenvalue weighted by Crippen LogP contribution is -2.25. The molecule has 0 unspecified atom stereocenters. The summed E-state index contributed by atoms with van der Waals surface area (Å²) < 4.78 is 14.1. The van der Waals surface area contributed by atoms with Crippen LogP contribution in [0.3, 0.4) is 0 Å². The fourth-order valence-electron chi connectivity index (χ4n) is 4.25. The fraction of sp³-hybridized carbons (Fsp3) is 0.167. The molecule has 0 radical (unpaired) electrons. The minimum atomic E-state index is -0.247. The molecule has 144 valence electrons. The summed E-state index contributed by atoms with van der Waals surface area (Å²) in [5.74, 6) is -0.153. The lowest BCUT2D eigenvalue weighted by Gasteiger charge is -2.14. The number of rotatable bonds is 3. The molecular formula is C24H19FN2OS. The van der Waals surface area contributed by atoms with Crippen LogP contribution in [0.1, 0.15) is 24.0 Å². The minimum absolute atomic E-state index is 0.00133. The van der Waals surface area contributed by atoms with Gasteiger partial charge in [-0.3, -0.25) is 4.79 Å². The molecule has 1 heterocycles. The van der Waals surface area contributed by atoms with Gasteiger partial charge in [-0.05, 0) is 41.0 Å². The first kappa shape index (κ1) is 18.0. The number of amides is 1. The Bertz CT molecular complexity index is 1230. The zero-order chi connectivity index (χ0) is 20.0. The highest BCUT2D eigenvalue weighted by molar-refractivity contribution is 7.14. The van der Waals surface area contributed by atoms with Crippen molar-refractivity contribution in [3.05, 3.63) is 83.0 Å². The van der Waals surface area contributed by atoms with Gasteiger partial charge in [-0.25, -0.2) is 9.37 Å². The number of hydrogen-bond acceptors (Lipinski definition) is 3. The first-order valence-electron chi connectivity index (χ1n) is 9.63. The van der Waals surface area contributed by atoms with Gasteiger partial charge in [0.05, 0.1) is 5.69 Å². The van der Waals surface area contributed by atoms with E-state index in [1.54, 1.807) is 12.1 Å². The molecule has 0 aliphatic heterocycles. The van der Waals surface area contributed by atoms with E-state index in [9.17, 15) is 9.18 Å². The summed E-state index contributed by atoms with van der Waals surface area (Å²) in [5, 5.41) is 6.85. The Morgan fingerprint density at radius 3 is 2.66 bits per heavy atom. The van der Waals surface area contributed by atoms with Gasteiger partial charge in [0.25, 0.3) is 0 Å². The van der Waals surface area contributed by atoms with Crippen LogP contribution < -0.4 is 5.32 Å². The number of hydrogen-bond donors (Lipinski definition) is 1. The molecule has 1 aromatic heterocycles. The molecule has 5 rings (SSSR count). The highest BCUT2D eigenvalue weighted by Crippen LogP contribution is 2.38. The molecule has 1 aliphatic rings. The number of benzene rings is 3. The van der Waals surface area contributed by atoms with E-state index < -0.39 is 0 Å². The first-order chi connectivity index (χ1) is 14.1. The van der Waals surface area contributed by atoms with E-state index in [4.69, 9.17) is 0 Å². The highest BCUT2D eigenvalue weighted by Gasteiger charge is 2.34. The van der Waals surface area contributed by atoms with Crippen molar-refractivity contribution in [2.24, 2.45) is 5.92 Å². The lowest BCUT2D eigenvalue weighted by atomic mass is 9.94. The largest absolute Gasteiger partial charge is 0.302 e. The molecule has 2 atom stereocenters. The second-order valence-corrected chi connectivity index (χ2v) is 8.32. The summed E-state index contributed by atoms with van der Waals surface area (Å²) in [5.41, 5.74) is 4.10. The van der Waals surface area contributed by atoms with E-state index in [2.05, 4.69) is 29.4 Å². The molecule has 1 aliphatic carbocycles. The summed E-state index contributed by atoms with van der Waals surface area (Å²) in [6.45, 7) is 2.11. The van der Waals surface area contributed by atoms with Crippen LogP contribution in [-0.4, -0.2) is 10.9 Å². The molecule has 1 N–H and O–H groups in total. The summed E-state index contributed by atoms with van der Waals surface area (Å²) in [6.07, 6.45) is 0.754. The van der Waals surface area contributed by atoms with Crippen LogP contribution in [0.5, 0.6) is 0 Å². The van der Waals surface area contributed by atoms with Gasteiger partial charge < -0.3 is 5.32 Å². The van der Waals surface area contributed by atoms with Gasteiger partial charge in [0.1, 0.15) is 5.82 Å². The number of nitrogens with one attached hydrogen (secondary N) is 1. The Hall–Kier alpha value is -3.05. The van der Waals surface area contributed by atoms with Crippen molar-refractivity contribution in [3.63, 3.8) is 0 Å². The number of aromatic nitrogens is 1. The van der Waals surface area contributed by atoms with E-state index in [1.807, 2.05) is 35.7 Å². The number of carbonyl (C=O) groups excluding carboxylic acids is 1. The molecule has 1 amide bonds. The summed E-state index contributed by atoms with van der Waals surface area (Å²) >= 11 is 1.39. The lowest BCUT2D eigenvalue weighted by molar-refractivity contribution is -0.120. The monoisotopic (exact) mass is 402 g/mol. The van der Waals surface area contributed by atoms with Gasteiger partial charge >= 0.3 is 0 Å². The second kappa shape index (κ2) is 7.08. The second-order valence-electron chi connectivity index (χ2n) is 7.47. The van der Waals surface area contributed by atoms with E-state index in [0.29, 0.717) is 10.5 Å². The van der Waals surface area contributed by atoms with Gasteiger partial charge in [0.15, 0.2) is 5.13 Å². The Morgan fingerprint density at radius 1 is 1.07 bits per heavy atom. The molecule has 4 aromatic rings. The Kier molecular flexibility index (Phi) is 4.40. The topological polar surface area (TPSA) is 42.0 Å². The third-order valence-electron chi connectivity index (χ3n) is 5.81. The SMILES string of the molecule is C[C@@H]1c2ccccc2C[C@@H]1C(=O)Nc1nc(-c2ccc(F)c3ccccc23)cs1. The summed E-state index contributed by atoms with van der Waals surface area (Å²) in [4.78, 5) is 17.5. The van der Waals surface area contributed by atoms with E-state index in [0.717, 1.165) is 23.1 Å². The van der Waals surface area contributed by atoms with Crippen LogP contribution in [0.4, 0.5) is 9.52 Å². The van der Waals surface area contributed by atoms with Crippen molar-refractivity contribution in [1.29, 1.82) is 0 Å². The van der Waals surface area contributed by atoms with Crippen LogP contribution in [-0.2, 0) is 11.2 Å². The number of carbonyl (C=O) groups is 1. The highest BCUT2D eigenvalue weighted by atomic mass is 32.1. The molecule has 0 spiro atoms. The van der Waals surface area contributed by atoms with Gasteiger partial charge in [-0.2, -0.15) is 0 Å². The first-order valence-corrected chi connectivity index (χ1v) is 10.5. The molecule has 5 heteroatoms. The van der Waals surface area contributed by atoms with E-state index in [1.165, 1.54) is 28.5 Å². The molecule has 0 bridgehead atoms. The van der Waals surface area contributed by atoms with E-state index in [-0.39, 0.29) is 23.6 Å². The standard InChI is InChI=1S/C24H19FN2OS/c1-14-16-7-3-2-6-15(16)12-20(14)23(28)27-24-26-22(13-29-24)19-10-11-21(25)18-9-5-4-8-17(18)19/h2-11,13-14,20H,12H2,1H3,(H,26,27,28)/t14-,20+/m1/s1. The number of fused-ring (bicyclic) bond motifs is 2. The molecule has 3 aromatic carbocycles. The van der Waals surface area contributed by atoms with Crippen LogP contribution in [0.2, 0.25) is 0 Å². The van der Waals surface area contributed by atoms with Crippen molar-refractivity contribution < 1.29 is 9.18 Å². The van der Waals surface area contributed by atoms with Gasteiger partial charge in [-0.1, -0.05) is 55.5 Å². The molecule has 0 saturated heterocycles. The predicted octanol–water partition coefficient (Wildman–Crippen LogP) is 6.02. The zero-order valence-electron chi connectivity index (χ0n) is 15.9. The number of nitrogens with zero attached hydrogens (tertiary/aromatic N) is 1. The smallest absolute Gasteiger partial charge is 0.230 e. The third kappa shape index (κ3) is 3.12. The maximum Gasteiger partial charge on any atom is 0.230 e. The van der Waals surface area contributed by atoms with E-state index >= 15 is 0 Å². The number of thiazole rings is 1. The molecule has 3 nitrogen and oxygen atoms in total. The maximum atomic E-state index is 14.1. The molecule has 0 fully saturated rings. The summed E-state index contributed by atoms with van der Waals surface area (Å²) in [6, 6.07) is 18.8. The van der Waals surface area contributed by atoms with Crippen molar-refractivity contribution >= 4 is 33.1 Å². The van der Waals surface area contributed by atoms with Gasteiger partial charge in [0.2, 0.25) is 5.91 Å². The van der Waals surface area contributed by atoms with Gasteiger partial charge in [0, 0.05) is 22.2 Å². The average Bonchev–Trinajstić information content (AvgIpc) is 3.33. The van der Waals surface area contributed by atoms with Crippen molar-refractivity contribution in [1.82, 2.24) is 4.98 Å². The third-order valence-corrected chi connectivity index (χ3v) is 6.56. The van der Waals surface area contributed by atoms with Crippen LogP contribution >= 0.6 is 11.3 Å². The molecule has 29 heavy (non-hydrogen) atoms. The Morgan fingerprint density at radius 2 is 1.83 bits per heavy atom. The van der Waals surface area contributed by atoms with Crippen LogP contribution in [0.15, 0.2) is 66.0 Å².